The van der Waals surface area contributed by atoms with Gasteiger partial charge in [0.15, 0.2) is 6.10 Å². The normalized spacial score (nSPS) is 20.5. The predicted octanol–water partition coefficient (Wildman–Crippen LogP) is 1.62. The maximum atomic E-state index is 11.7. The first-order chi connectivity index (χ1) is 8.18. The molecule has 17 heavy (non-hydrogen) atoms. The molecule has 1 aliphatic heterocycles. The van der Waals surface area contributed by atoms with Crippen LogP contribution in [0.15, 0.2) is 18.2 Å². The summed E-state index contributed by atoms with van der Waals surface area (Å²) >= 11 is 0. The molecule has 1 saturated heterocycles. The van der Waals surface area contributed by atoms with Crippen LogP contribution in [0.1, 0.15) is 24.8 Å². The summed E-state index contributed by atoms with van der Waals surface area (Å²) in [6.07, 6.45) is 2.39. The average molecular weight is 234 g/mol. The fourth-order valence-electron chi connectivity index (χ4n) is 1.94. The number of ether oxygens (including phenoxy) is 1. The van der Waals surface area contributed by atoms with Crippen molar-refractivity contribution in [1.29, 1.82) is 0 Å². The minimum absolute atomic E-state index is 0.0238. The number of anilines is 1. The molecular formula is C13H18N2O2. The molecule has 0 saturated carbocycles. The number of nitrogens with two attached hydrogens (primary N) is 1. The lowest BCUT2D eigenvalue weighted by atomic mass is 10.1. The molecule has 0 radical (unpaired) electrons. The van der Waals surface area contributed by atoms with Crippen LogP contribution in [0.25, 0.3) is 0 Å². The second-order valence-electron chi connectivity index (χ2n) is 4.36. The number of hydrogen-bond donors (Lipinski definition) is 2. The van der Waals surface area contributed by atoms with Gasteiger partial charge in [-0.25, -0.2) is 0 Å². The predicted molar refractivity (Wildman–Crippen MR) is 66.9 cm³/mol. The summed E-state index contributed by atoms with van der Waals surface area (Å²) < 4.78 is 5.77. The van der Waals surface area contributed by atoms with Crippen molar-refractivity contribution in [2.24, 2.45) is 0 Å². The summed E-state index contributed by atoms with van der Waals surface area (Å²) in [5.41, 5.74) is 7.40. The Balaban J connectivity index is 2.13. The molecule has 3 N–H and O–H groups in total. The lowest BCUT2D eigenvalue weighted by molar-refractivity contribution is -0.127. The molecule has 1 heterocycles. The lowest BCUT2D eigenvalue weighted by Gasteiger charge is -2.18. The quantitative estimate of drug-likeness (QED) is 0.764. The molecular weight excluding hydrogens is 216 g/mol. The maximum Gasteiger partial charge on any atom is 0.261 e. The molecule has 4 heteroatoms. The third-order valence-corrected chi connectivity index (χ3v) is 3.08. The van der Waals surface area contributed by atoms with Crippen molar-refractivity contribution in [3.05, 3.63) is 23.8 Å². The summed E-state index contributed by atoms with van der Waals surface area (Å²) in [5, 5.41) is 2.85. The molecule has 1 aromatic rings. The van der Waals surface area contributed by atoms with Gasteiger partial charge >= 0.3 is 0 Å². The van der Waals surface area contributed by atoms with Crippen molar-refractivity contribution in [2.75, 3.05) is 12.3 Å². The Bertz CT molecular complexity index is 418. The van der Waals surface area contributed by atoms with E-state index in [2.05, 4.69) is 5.32 Å². The van der Waals surface area contributed by atoms with Gasteiger partial charge in [0, 0.05) is 17.8 Å². The van der Waals surface area contributed by atoms with E-state index in [4.69, 9.17) is 10.5 Å². The third kappa shape index (κ3) is 2.70. The largest absolute Gasteiger partial charge is 0.480 e. The van der Waals surface area contributed by atoms with Gasteiger partial charge in [0.2, 0.25) is 0 Å². The monoisotopic (exact) mass is 234 g/mol. The van der Waals surface area contributed by atoms with Crippen molar-refractivity contribution in [3.8, 4) is 5.75 Å². The highest BCUT2D eigenvalue weighted by Crippen LogP contribution is 2.25. The Morgan fingerprint density at radius 2 is 2.24 bits per heavy atom. The standard InChI is InChI=1S/C13H18N2O2/c1-9-10(14)5-4-7-11(9)17-12-6-2-3-8-15-13(12)16/h4-5,7,12H,2-3,6,8,14H2,1H3,(H,15,16). The van der Waals surface area contributed by atoms with Gasteiger partial charge in [-0.2, -0.15) is 0 Å². The van der Waals surface area contributed by atoms with Gasteiger partial charge in [-0.1, -0.05) is 6.07 Å². The van der Waals surface area contributed by atoms with Gasteiger partial charge in [0.05, 0.1) is 0 Å². The first kappa shape index (κ1) is 11.8. The summed E-state index contributed by atoms with van der Waals surface area (Å²) in [4.78, 5) is 11.7. The number of benzene rings is 1. The van der Waals surface area contributed by atoms with Crippen LogP contribution in [0.5, 0.6) is 5.75 Å². The van der Waals surface area contributed by atoms with Crippen LogP contribution in [0.3, 0.4) is 0 Å². The maximum absolute atomic E-state index is 11.7. The minimum Gasteiger partial charge on any atom is -0.480 e. The van der Waals surface area contributed by atoms with Crippen molar-refractivity contribution in [3.63, 3.8) is 0 Å². The van der Waals surface area contributed by atoms with Crippen LogP contribution in [-0.2, 0) is 4.79 Å². The summed E-state index contributed by atoms with van der Waals surface area (Å²) in [7, 11) is 0. The number of amides is 1. The zero-order chi connectivity index (χ0) is 12.3. The molecule has 0 spiro atoms. The van der Waals surface area contributed by atoms with E-state index in [1.54, 1.807) is 0 Å². The van der Waals surface area contributed by atoms with E-state index >= 15 is 0 Å². The van der Waals surface area contributed by atoms with Gasteiger partial charge in [-0.3, -0.25) is 4.79 Å². The topological polar surface area (TPSA) is 64.3 Å². The molecule has 0 aromatic heterocycles. The number of hydrogen-bond acceptors (Lipinski definition) is 3. The number of carbonyl (C=O) groups excluding carboxylic acids is 1. The van der Waals surface area contributed by atoms with Crippen LogP contribution in [0, 0.1) is 6.92 Å². The molecule has 0 aliphatic carbocycles. The van der Waals surface area contributed by atoms with Crippen LogP contribution in [0.4, 0.5) is 5.69 Å². The molecule has 92 valence electrons. The fraction of sp³-hybridized carbons (Fsp3) is 0.462. The molecule has 1 atom stereocenters. The van der Waals surface area contributed by atoms with Gasteiger partial charge in [-0.05, 0) is 38.3 Å². The highest BCUT2D eigenvalue weighted by molar-refractivity contribution is 5.81. The summed E-state index contributed by atoms with van der Waals surface area (Å²) in [5.74, 6) is 0.677. The summed E-state index contributed by atoms with van der Waals surface area (Å²) in [6.45, 7) is 2.65. The van der Waals surface area contributed by atoms with Crippen LogP contribution in [0.2, 0.25) is 0 Å². The number of nitrogen functional groups attached to an aromatic ring is 1. The zero-order valence-electron chi connectivity index (χ0n) is 10.0. The van der Waals surface area contributed by atoms with Crippen LogP contribution in [-0.4, -0.2) is 18.6 Å². The van der Waals surface area contributed by atoms with E-state index in [0.717, 1.165) is 31.4 Å². The Labute approximate surface area is 101 Å². The van der Waals surface area contributed by atoms with Crippen molar-refractivity contribution in [2.45, 2.75) is 32.3 Å². The highest BCUT2D eigenvalue weighted by atomic mass is 16.5. The number of carbonyl (C=O) groups is 1. The molecule has 1 amide bonds. The Morgan fingerprint density at radius 3 is 3.06 bits per heavy atom. The van der Waals surface area contributed by atoms with E-state index in [0.29, 0.717) is 11.4 Å². The number of nitrogens with one attached hydrogen (secondary N) is 1. The first-order valence-electron chi connectivity index (χ1n) is 5.98. The van der Waals surface area contributed by atoms with Gasteiger partial charge in [-0.15, -0.1) is 0 Å². The van der Waals surface area contributed by atoms with E-state index in [1.165, 1.54) is 0 Å². The highest BCUT2D eigenvalue weighted by Gasteiger charge is 2.22. The molecule has 2 rings (SSSR count). The van der Waals surface area contributed by atoms with E-state index < -0.39 is 6.10 Å². The first-order valence-corrected chi connectivity index (χ1v) is 5.98. The molecule has 1 aromatic carbocycles. The molecule has 1 unspecified atom stereocenters. The Hall–Kier alpha value is -1.71. The SMILES string of the molecule is Cc1c(N)cccc1OC1CCCCNC1=O. The van der Waals surface area contributed by atoms with Crippen molar-refractivity contribution in [1.82, 2.24) is 5.32 Å². The van der Waals surface area contributed by atoms with Crippen LogP contribution >= 0.6 is 0 Å². The van der Waals surface area contributed by atoms with E-state index in [1.807, 2.05) is 25.1 Å². The second-order valence-corrected chi connectivity index (χ2v) is 4.36. The molecule has 4 nitrogen and oxygen atoms in total. The lowest BCUT2D eigenvalue weighted by Crippen LogP contribution is -2.36. The molecule has 1 aliphatic rings. The third-order valence-electron chi connectivity index (χ3n) is 3.08. The molecule has 0 bridgehead atoms. The van der Waals surface area contributed by atoms with Crippen molar-refractivity contribution >= 4 is 11.6 Å². The smallest absolute Gasteiger partial charge is 0.261 e. The summed E-state index contributed by atoms with van der Waals surface area (Å²) in [6, 6.07) is 5.52. The van der Waals surface area contributed by atoms with E-state index in [9.17, 15) is 4.79 Å². The Morgan fingerprint density at radius 1 is 1.41 bits per heavy atom. The van der Waals surface area contributed by atoms with Gasteiger partial charge < -0.3 is 15.8 Å². The molecule has 1 fully saturated rings. The van der Waals surface area contributed by atoms with Gasteiger partial charge in [0.25, 0.3) is 5.91 Å². The van der Waals surface area contributed by atoms with Crippen LogP contribution < -0.4 is 15.8 Å². The van der Waals surface area contributed by atoms with E-state index in [-0.39, 0.29) is 5.91 Å². The number of rotatable bonds is 2. The minimum atomic E-state index is -0.391. The van der Waals surface area contributed by atoms with Crippen molar-refractivity contribution < 1.29 is 9.53 Å². The fourth-order valence-corrected chi connectivity index (χ4v) is 1.94. The average Bonchev–Trinajstić information content (AvgIpc) is 2.51. The Kier molecular flexibility index (Phi) is 3.52. The van der Waals surface area contributed by atoms with Gasteiger partial charge in [0.1, 0.15) is 5.75 Å². The second kappa shape index (κ2) is 5.08. The zero-order valence-corrected chi connectivity index (χ0v) is 10.0.